The average molecular weight is 289 g/mol. The topological polar surface area (TPSA) is 64.4 Å². The molecule has 1 fully saturated rings. The SMILES string of the molecule is CC1CC(Nc2cc(Cl)c(F)cc2[N+](=O)[O-])CCO1. The van der Waals surface area contributed by atoms with Crippen molar-refractivity contribution in [3.05, 3.63) is 33.1 Å². The van der Waals surface area contributed by atoms with Crippen LogP contribution in [-0.4, -0.2) is 23.7 Å². The van der Waals surface area contributed by atoms with Gasteiger partial charge in [-0.3, -0.25) is 10.1 Å². The Morgan fingerprint density at radius 2 is 2.32 bits per heavy atom. The van der Waals surface area contributed by atoms with E-state index >= 15 is 0 Å². The molecule has 1 aliphatic heterocycles. The number of nitro benzene ring substituents is 1. The van der Waals surface area contributed by atoms with E-state index in [0.29, 0.717) is 6.61 Å². The molecule has 104 valence electrons. The van der Waals surface area contributed by atoms with E-state index in [2.05, 4.69) is 5.32 Å². The van der Waals surface area contributed by atoms with Crippen LogP contribution < -0.4 is 5.32 Å². The van der Waals surface area contributed by atoms with Crippen molar-refractivity contribution in [3.8, 4) is 0 Å². The van der Waals surface area contributed by atoms with Gasteiger partial charge in [0.15, 0.2) is 0 Å². The van der Waals surface area contributed by atoms with E-state index in [4.69, 9.17) is 16.3 Å². The highest BCUT2D eigenvalue weighted by Crippen LogP contribution is 2.32. The quantitative estimate of drug-likeness (QED) is 0.684. The molecule has 19 heavy (non-hydrogen) atoms. The van der Waals surface area contributed by atoms with Crippen molar-refractivity contribution in [2.45, 2.75) is 31.9 Å². The lowest BCUT2D eigenvalue weighted by Gasteiger charge is -2.28. The van der Waals surface area contributed by atoms with Crippen LogP contribution in [0.2, 0.25) is 5.02 Å². The maximum atomic E-state index is 13.3. The van der Waals surface area contributed by atoms with Crippen LogP contribution in [0.1, 0.15) is 19.8 Å². The minimum atomic E-state index is -0.792. The predicted octanol–water partition coefficient (Wildman–Crippen LogP) is 3.37. The molecule has 1 N–H and O–H groups in total. The summed E-state index contributed by atoms with van der Waals surface area (Å²) in [6, 6.07) is 2.16. The second-order valence-corrected chi connectivity index (χ2v) is 4.99. The van der Waals surface area contributed by atoms with Crippen LogP contribution in [0.5, 0.6) is 0 Å². The van der Waals surface area contributed by atoms with E-state index < -0.39 is 10.7 Å². The molecule has 0 radical (unpaired) electrons. The van der Waals surface area contributed by atoms with Gasteiger partial charge in [-0.2, -0.15) is 0 Å². The monoisotopic (exact) mass is 288 g/mol. The van der Waals surface area contributed by atoms with E-state index in [1.807, 2.05) is 6.92 Å². The second-order valence-electron chi connectivity index (χ2n) is 4.59. The van der Waals surface area contributed by atoms with Crippen molar-refractivity contribution >= 4 is 23.0 Å². The molecule has 0 spiro atoms. The molecule has 1 heterocycles. The highest BCUT2D eigenvalue weighted by molar-refractivity contribution is 6.31. The Morgan fingerprint density at radius 3 is 2.95 bits per heavy atom. The molecule has 2 unspecified atom stereocenters. The highest BCUT2D eigenvalue weighted by Gasteiger charge is 2.24. The number of hydrogen-bond donors (Lipinski definition) is 1. The lowest BCUT2D eigenvalue weighted by atomic mass is 10.0. The summed E-state index contributed by atoms with van der Waals surface area (Å²) in [5.74, 6) is -0.792. The molecule has 1 aliphatic rings. The van der Waals surface area contributed by atoms with Crippen LogP contribution in [0.15, 0.2) is 12.1 Å². The summed E-state index contributed by atoms with van der Waals surface area (Å²) in [6.07, 6.45) is 1.59. The van der Waals surface area contributed by atoms with Crippen molar-refractivity contribution in [1.29, 1.82) is 0 Å². The van der Waals surface area contributed by atoms with Gasteiger partial charge in [-0.15, -0.1) is 0 Å². The molecule has 0 aromatic heterocycles. The maximum absolute atomic E-state index is 13.3. The van der Waals surface area contributed by atoms with E-state index in [9.17, 15) is 14.5 Å². The van der Waals surface area contributed by atoms with Crippen molar-refractivity contribution in [3.63, 3.8) is 0 Å². The van der Waals surface area contributed by atoms with Crippen molar-refractivity contribution < 1.29 is 14.1 Å². The number of ether oxygens (including phenoxy) is 1. The third-order valence-electron chi connectivity index (χ3n) is 3.08. The first-order chi connectivity index (χ1) is 8.97. The molecule has 0 bridgehead atoms. The fourth-order valence-corrected chi connectivity index (χ4v) is 2.32. The molecule has 1 aromatic carbocycles. The Hall–Kier alpha value is -1.40. The predicted molar refractivity (Wildman–Crippen MR) is 70.1 cm³/mol. The van der Waals surface area contributed by atoms with Crippen LogP contribution in [0.25, 0.3) is 0 Å². The standard InChI is InChI=1S/C12H14ClFN2O3/c1-7-4-8(2-3-19-7)15-11-5-9(13)10(14)6-12(11)16(17)18/h5-8,15H,2-4H2,1H3. The number of benzene rings is 1. The molecule has 0 aliphatic carbocycles. The first-order valence-electron chi connectivity index (χ1n) is 5.99. The van der Waals surface area contributed by atoms with Gasteiger partial charge in [0.25, 0.3) is 5.69 Å². The van der Waals surface area contributed by atoms with E-state index in [-0.39, 0.29) is 28.5 Å². The molecule has 1 aromatic rings. The summed E-state index contributed by atoms with van der Waals surface area (Å²) in [6.45, 7) is 2.54. The minimum Gasteiger partial charge on any atom is -0.378 e. The molecule has 1 saturated heterocycles. The van der Waals surface area contributed by atoms with Crippen LogP contribution in [0.3, 0.4) is 0 Å². The summed E-state index contributed by atoms with van der Waals surface area (Å²) in [5.41, 5.74) is -0.0588. The highest BCUT2D eigenvalue weighted by atomic mass is 35.5. The van der Waals surface area contributed by atoms with Gasteiger partial charge in [0, 0.05) is 12.6 Å². The van der Waals surface area contributed by atoms with Crippen LogP contribution in [-0.2, 0) is 4.74 Å². The molecule has 2 atom stereocenters. The van der Waals surface area contributed by atoms with Gasteiger partial charge in [0.05, 0.1) is 22.1 Å². The summed E-state index contributed by atoms with van der Waals surface area (Å²) >= 11 is 5.67. The van der Waals surface area contributed by atoms with Crippen LogP contribution >= 0.6 is 11.6 Å². The zero-order valence-corrected chi connectivity index (χ0v) is 11.1. The summed E-state index contributed by atoms with van der Waals surface area (Å²) < 4.78 is 18.7. The van der Waals surface area contributed by atoms with Gasteiger partial charge < -0.3 is 10.1 Å². The molecule has 0 amide bonds. The largest absolute Gasteiger partial charge is 0.378 e. The minimum absolute atomic E-state index is 0.0592. The van der Waals surface area contributed by atoms with Crippen molar-refractivity contribution in [2.24, 2.45) is 0 Å². The smallest absolute Gasteiger partial charge is 0.295 e. The zero-order chi connectivity index (χ0) is 14.0. The van der Waals surface area contributed by atoms with E-state index in [1.165, 1.54) is 6.07 Å². The number of rotatable bonds is 3. The van der Waals surface area contributed by atoms with Gasteiger partial charge in [-0.25, -0.2) is 4.39 Å². The fourth-order valence-electron chi connectivity index (χ4n) is 2.15. The van der Waals surface area contributed by atoms with Crippen molar-refractivity contribution in [1.82, 2.24) is 0 Å². The Labute approximate surface area is 114 Å². The molecular formula is C12H14ClFN2O3. The molecular weight excluding hydrogens is 275 g/mol. The normalized spacial score (nSPS) is 23.1. The van der Waals surface area contributed by atoms with Gasteiger partial charge in [-0.05, 0) is 25.8 Å². The average Bonchev–Trinajstić information content (AvgIpc) is 2.33. The number of nitrogens with one attached hydrogen (secondary N) is 1. The summed E-state index contributed by atoms with van der Waals surface area (Å²) in [7, 11) is 0. The van der Waals surface area contributed by atoms with E-state index in [1.54, 1.807) is 0 Å². The number of halogens is 2. The fraction of sp³-hybridized carbons (Fsp3) is 0.500. The molecule has 0 saturated carbocycles. The lowest BCUT2D eigenvalue weighted by molar-refractivity contribution is -0.384. The van der Waals surface area contributed by atoms with Crippen LogP contribution in [0, 0.1) is 15.9 Å². The van der Waals surface area contributed by atoms with Crippen molar-refractivity contribution in [2.75, 3.05) is 11.9 Å². The Balaban J connectivity index is 2.23. The van der Waals surface area contributed by atoms with Crippen LogP contribution in [0.4, 0.5) is 15.8 Å². The Bertz CT molecular complexity index is 498. The lowest BCUT2D eigenvalue weighted by Crippen LogP contribution is -2.32. The van der Waals surface area contributed by atoms with Gasteiger partial charge in [0.1, 0.15) is 11.5 Å². The van der Waals surface area contributed by atoms with Gasteiger partial charge >= 0.3 is 0 Å². The summed E-state index contributed by atoms with van der Waals surface area (Å²) in [5, 5.41) is 13.8. The Kier molecular flexibility index (Phi) is 4.21. The number of nitrogens with zero attached hydrogens (tertiary/aromatic N) is 1. The molecule has 7 heteroatoms. The molecule has 2 rings (SSSR count). The third kappa shape index (κ3) is 3.33. The van der Waals surface area contributed by atoms with E-state index in [0.717, 1.165) is 18.9 Å². The maximum Gasteiger partial charge on any atom is 0.295 e. The number of hydrogen-bond acceptors (Lipinski definition) is 4. The second kappa shape index (κ2) is 5.71. The number of nitro groups is 1. The molecule has 5 nitrogen and oxygen atoms in total. The zero-order valence-electron chi connectivity index (χ0n) is 10.4. The first kappa shape index (κ1) is 14.0. The van der Waals surface area contributed by atoms with Gasteiger partial charge in [0.2, 0.25) is 0 Å². The third-order valence-corrected chi connectivity index (χ3v) is 3.37. The first-order valence-corrected chi connectivity index (χ1v) is 6.36. The summed E-state index contributed by atoms with van der Waals surface area (Å²) in [4.78, 5) is 10.3. The van der Waals surface area contributed by atoms with Gasteiger partial charge in [-0.1, -0.05) is 11.6 Å². The Morgan fingerprint density at radius 1 is 1.58 bits per heavy atom. The number of anilines is 1.